The van der Waals surface area contributed by atoms with Crippen molar-refractivity contribution in [2.75, 3.05) is 19.8 Å². The first-order chi connectivity index (χ1) is 9.08. The molecule has 104 valence electrons. The van der Waals surface area contributed by atoms with Crippen LogP contribution in [0.2, 0.25) is 0 Å². The number of amides is 1. The number of pyridine rings is 1. The van der Waals surface area contributed by atoms with Gasteiger partial charge in [0.15, 0.2) is 0 Å². The Labute approximate surface area is 114 Å². The largest absolute Gasteiger partial charge is 0.377 e. The molecule has 4 heteroatoms. The summed E-state index contributed by atoms with van der Waals surface area (Å²) in [6.07, 6.45) is 0.970. The Morgan fingerprint density at radius 3 is 3.00 bits per heavy atom. The highest BCUT2D eigenvalue weighted by Crippen LogP contribution is 2.18. The molecule has 1 aliphatic rings. The Hall–Kier alpha value is -1.42. The highest BCUT2D eigenvalue weighted by Gasteiger charge is 2.29. The molecule has 0 aromatic carbocycles. The first kappa shape index (κ1) is 14.0. The molecule has 0 bridgehead atoms. The van der Waals surface area contributed by atoms with E-state index in [4.69, 9.17) is 4.74 Å². The van der Waals surface area contributed by atoms with Crippen LogP contribution < -0.4 is 0 Å². The molecule has 19 heavy (non-hydrogen) atoms. The summed E-state index contributed by atoms with van der Waals surface area (Å²) >= 11 is 0. The van der Waals surface area contributed by atoms with Gasteiger partial charge in [0.05, 0.1) is 19.3 Å². The second-order valence-corrected chi connectivity index (χ2v) is 5.52. The fourth-order valence-electron chi connectivity index (χ4n) is 2.47. The third-order valence-electron chi connectivity index (χ3n) is 3.34. The van der Waals surface area contributed by atoms with Crippen LogP contribution in [0.5, 0.6) is 0 Å². The third-order valence-corrected chi connectivity index (χ3v) is 3.34. The predicted octanol–water partition coefficient (Wildman–Crippen LogP) is 2.28. The fourth-order valence-corrected chi connectivity index (χ4v) is 2.47. The van der Waals surface area contributed by atoms with E-state index in [-0.39, 0.29) is 11.9 Å². The molecule has 1 atom stereocenters. The quantitative estimate of drug-likeness (QED) is 0.839. The molecule has 0 radical (unpaired) electrons. The van der Waals surface area contributed by atoms with Crippen molar-refractivity contribution in [2.24, 2.45) is 5.92 Å². The molecular weight excluding hydrogens is 240 g/mol. The molecule has 1 fully saturated rings. The zero-order valence-electron chi connectivity index (χ0n) is 11.9. The molecule has 1 aromatic rings. The molecule has 1 aliphatic heterocycles. The molecule has 0 spiro atoms. The number of nitrogens with zero attached hydrogens (tertiary/aromatic N) is 2. The normalized spacial score (nSPS) is 19.8. The van der Waals surface area contributed by atoms with Crippen molar-refractivity contribution in [3.8, 4) is 0 Å². The van der Waals surface area contributed by atoms with E-state index in [0.717, 1.165) is 12.1 Å². The molecule has 1 amide bonds. The number of aryl methyl sites for hydroxylation is 1. The van der Waals surface area contributed by atoms with Crippen molar-refractivity contribution in [3.05, 3.63) is 29.6 Å². The van der Waals surface area contributed by atoms with E-state index in [1.54, 1.807) is 6.07 Å². The third kappa shape index (κ3) is 3.53. The smallest absolute Gasteiger partial charge is 0.272 e. The van der Waals surface area contributed by atoms with Gasteiger partial charge in [0.1, 0.15) is 5.69 Å². The molecule has 0 aliphatic carbocycles. The van der Waals surface area contributed by atoms with E-state index < -0.39 is 0 Å². The monoisotopic (exact) mass is 262 g/mol. The van der Waals surface area contributed by atoms with Crippen molar-refractivity contribution in [1.82, 2.24) is 9.88 Å². The van der Waals surface area contributed by atoms with Crippen molar-refractivity contribution < 1.29 is 9.53 Å². The SMILES string of the molecule is Cc1cccc(C(=O)N2CCOC[C@@H]2CC(C)C)n1. The van der Waals surface area contributed by atoms with Crippen LogP contribution in [0.15, 0.2) is 18.2 Å². The van der Waals surface area contributed by atoms with E-state index >= 15 is 0 Å². The first-order valence-electron chi connectivity index (χ1n) is 6.90. The van der Waals surface area contributed by atoms with E-state index in [9.17, 15) is 4.79 Å². The van der Waals surface area contributed by atoms with Gasteiger partial charge in [0.2, 0.25) is 0 Å². The van der Waals surface area contributed by atoms with Gasteiger partial charge in [-0.25, -0.2) is 4.98 Å². The minimum atomic E-state index is 0.0256. The summed E-state index contributed by atoms with van der Waals surface area (Å²) in [5, 5.41) is 0. The number of hydrogen-bond donors (Lipinski definition) is 0. The van der Waals surface area contributed by atoms with Gasteiger partial charge in [0.25, 0.3) is 5.91 Å². The minimum absolute atomic E-state index is 0.0256. The Bertz CT molecular complexity index is 446. The van der Waals surface area contributed by atoms with Crippen LogP contribution in [0.1, 0.15) is 36.5 Å². The highest BCUT2D eigenvalue weighted by atomic mass is 16.5. The van der Waals surface area contributed by atoms with Crippen molar-refractivity contribution in [3.63, 3.8) is 0 Å². The minimum Gasteiger partial charge on any atom is -0.377 e. The zero-order valence-corrected chi connectivity index (χ0v) is 11.9. The number of morpholine rings is 1. The average molecular weight is 262 g/mol. The van der Waals surface area contributed by atoms with Gasteiger partial charge in [-0.15, -0.1) is 0 Å². The number of hydrogen-bond acceptors (Lipinski definition) is 3. The lowest BCUT2D eigenvalue weighted by Gasteiger charge is -2.36. The van der Waals surface area contributed by atoms with Crippen molar-refractivity contribution >= 4 is 5.91 Å². The van der Waals surface area contributed by atoms with Gasteiger partial charge in [-0.1, -0.05) is 19.9 Å². The number of ether oxygens (including phenoxy) is 1. The summed E-state index contributed by atoms with van der Waals surface area (Å²) in [6.45, 7) is 8.15. The number of carbonyl (C=O) groups is 1. The summed E-state index contributed by atoms with van der Waals surface area (Å²) in [4.78, 5) is 18.8. The maximum Gasteiger partial charge on any atom is 0.272 e. The molecule has 2 heterocycles. The molecular formula is C15H22N2O2. The fraction of sp³-hybridized carbons (Fsp3) is 0.600. The van der Waals surface area contributed by atoms with E-state index in [2.05, 4.69) is 18.8 Å². The second-order valence-electron chi connectivity index (χ2n) is 5.52. The number of carbonyl (C=O) groups excluding carboxylic acids is 1. The topological polar surface area (TPSA) is 42.4 Å². The van der Waals surface area contributed by atoms with Gasteiger partial charge in [-0.2, -0.15) is 0 Å². The van der Waals surface area contributed by atoms with E-state index in [1.807, 2.05) is 24.0 Å². The van der Waals surface area contributed by atoms with Crippen LogP contribution in [0.3, 0.4) is 0 Å². The van der Waals surface area contributed by atoms with Crippen LogP contribution in [0.4, 0.5) is 0 Å². The summed E-state index contributed by atoms with van der Waals surface area (Å²) in [7, 11) is 0. The first-order valence-corrected chi connectivity index (χ1v) is 6.90. The molecule has 0 unspecified atom stereocenters. The Morgan fingerprint density at radius 1 is 1.53 bits per heavy atom. The Morgan fingerprint density at radius 2 is 2.32 bits per heavy atom. The van der Waals surface area contributed by atoms with Gasteiger partial charge in [-0.05, 0) is 31.4 Å². The summed E-state index contributed by atoms with van der Waals surface area (Å²) in [5.41, 5.74) is 1.41. The number of rotatable bonds is 3. The van der Waals surface area contributed by atoms with E-state index in [1.165, 1.54) is 0 Å². The standard InChI is InChI=1S/C15H22N2O2/c1-11(2)9-13-10-19-8-7-17(13)15(18)14-6-4-5-12(3)16-14/h4-6,11,13H,7-10H2,1-3H3/t13-/m0/s1. The zero-order chi connectivity index (χ0) is 13.8. The highest BCUT2D eigenvalue weighted by molar-refractivity contribution is 5.92. The predicted molar refractivity (Wildman–Crippen MR) is 74.1 cm³/mol. The summed E-state index contributed by atoms with van der Waals surface area (Å²) < 4.78 is 5.51. The lowest BCUT2D eigenvalue weighted by atomic mass is 10.0. The lowest BCUT2D eigenvalue weighted by molar-refractivity contribution is -0.00776. The molecule has 1 aromatic heterocycles. The molecule has 4 nitrogen and oxygen atoms in total. The van der Waals surface area contributed by atoms with E-state index in [0.29, 0.717) is 31.4 Å². The van der Waals surface area contributed by atoms with Gasteiger partial charge >= 0.3 is 0 Å². The maximum atomic E-state index is 12.6. The van der Waals surface area contributed by atoms with Crippen LogP contribution in [0.25, 0.3) is 0 Å². The molecule has 0 saturated carbocycles. The van der Waals surface area contributed by atoms with Crippen LogP contribution in [0, 0.1) is 12.8 Å². The van der Waals surface area contributed by atoms with Crippen molar-refractivity contribution in [2.45, 2.75) is 33.2 Å². The van der Waals surface area contributed by atoms with Crippen LogP contribution >= 0.6 is 0 Å². The second kappa shape index (κ2) is 6.15. The average Bonchev–Trinajstić information content (AvgIpc) is 2.38. The maximum absolute atomic E-state index is 12.6. The Balaban J connectivity index is 2.15. The van der Waals surface area contributed by atoms with Crippen LogP contribution in [-0.4, -0.2) is 41.6 Å². The molecule has 2 rings (SSSR count). The van der Waals surface area contributed by atoms with Crippen molar-refractivity contribution in [1.29, 1.82) is 0 Å². The molecule has 1 saturated heterocycles. The summed E-state index contributed by atoms with van der Waals surface area (Å²) in [6, 6.07) is 5.75. The van der Waals surface area contributed by atoms with Gasteiger partial charge < -0.3 is 9.64 Å². The Kier molecular flexibility index (Phi) is 4.53. The summed E-state index contributed by atoms with van der Waals surface area (Å²) in [5.74, 6) is 0.574. The molecule has 0 N–H and O–H groups in total. The van der Waals surface area contributed by atoms with Gasteiger partial charge in [0, 0.05) is 12.2 Å². The lowest BCUT2D eigenvalue weighted by Crippen LogP contribution is -2.49. The number of aromatic nitrogens is 1. The van der Waals surface area contributed by atoms with Crippen LogP contribution in [-0.2, 0) is 4.74 Å². The van der Waals surface area contributed by atoms with Gasteiger partial charge in [-0.3, -0.25) is 4.79 Å².